The van der Waals surface area contributed by atoms with Crippen LogP contribution in [-0.4, -0.2) is 4.57 Å². The molecule has 0 saturated heterocycles. The number of nitrogens with zero attached hydrogens (tertiary/aromatic N) is 2. The molecule has 0 amide bonds. The number of rotatable bonds is 7. The third-order valence-electron chi connectivity index (χ3n) is 8.86. The molecule has 4 aromatic carbocycles. The van der Waals surface area contributed by atoms with Crippen molar-refractivity contribution in [2.45, 2.75) is 32.6 Å². The summed E-state index contributed by atoms with van der Waals surface area (Å²) in [5.74, 6) is 0.322. The Morgan fingerprint density at radius 3 is 2.33 bits per heavy atom. The van der Waals surface area contributed by atoms with Crippen LogP contribution in [0.3, 0.4) is 0 Å². The number of hydrogen-bond acceptors (Lipinski definition) is 1. The van der Waals surface area contributed by atoms with Crippen molar-refractivity contribution >= 4 is 50.4 Å². The molecule has 0 bridgehead atoms. The zero-order valence-corrected chi connectivity index (χ0v) is 24.3. The maximum Gasteiger partial charge on any atom is 0.0790 e. The van der Waals surface area contributed by atoms with E-state index in [2.05, 4.69) is 145 Å². The highest BCUT2D eigenvalue weighted by molar-refractivity contribution is 6.22. The molecule has 1 aliphatic carbocycles. The molecule has 0 spiro atoms. The molecule has 42 heavy (non-hydrogen) atoms. The van der Waals surface area contributed by atoms with Crippen LogP contribution in [0.5, 0.6) is 0 Å². The molecule has 2 aliphatic rings. The number of hydrogen-bond donors (Lipinski definition) is 0. The van der Waals surface area contributed by atoms with E-state index >= 15 is 0 Å². The standard InChI is InChI=1S/C40H36N2/c1-4-16-35(30(5-2)27-29-18-8-6-9-19-29)42-36-25-14-24-34(36)38-33-23-13-12-22-32(33)37-28(3)17-15-26-41(39(37)40(38)42)31-20-10-7-11-21-31/h4,6-16,18-24,26,30H,1,3,5,17,25,27H2,2H3/b35-16+. The van der Waals surface area contributed by atoms with Gasteiger partial charge < -0.3 is 9.47 Å². The van der Waals surface area contributed by atoms with Gasteiger partial charge in [-0.05, 0) is 59.4 Å². The zero-order chi connectivity index (χ0) is 28.6. The van der Waals surface area contributed by atoms with E-state index in [1.807, 2.05) is 6.08 Å². The molecule has 1 atom stereocenters. The van der Waals surface area contributed by atoms with Gasteiger partial charge in [0.1, 0.15) is 0 Å². The summed E-state index contributed by atoms with van der Waals surface area (Å²) in [6.07, 6.45) is 17.1. The van der Waals surface area contributed by atoms with Gasteiger partial charge in [-0.2, -0.15) is 0 Å². The van der Waals surface area contributed by atoms with Crippen molar-refractivity contribution in [2.75, 3.05) is 4.90 Å². The van der Waals surface area contributed by atoms with Crippen LogP contribution in [0.2, 0.25) is 0 Å². The van der Waals surface area contributed by atoms with Crippen LogP contribution in [0.25, 0.3) is 39.0 Å². The molecule has 1 aliphatic heterocycles. The van der Waals surface area contributed by atoms with Crippen LogP contribution in [0.1, 0.15) is 42.1 Å². The van der Waals surface area contributed by atoms with Gasteiger partial charge in [-0.3, -0.25) is 0 Å². The Hall–Kier alpha value is -4.82. The van der Waals surface area contributed by atoms with Crippen molar-refractivity contribution in [1.82, 2.24) is 4.57 Å². The Morgan fingerprint density at radius 1 is 0.881 bits per heavy atom. The highest BCUT2D eigenvalue weighted by atomic mass is 15.2. The minimum absolute atomic E-state index is 0.322. The summed E-state index contributed by atoms with van der Waals surface area (Å²) < 4.78 is 2.59. The highest BCUT2D eigenvalue weighted by Crippen LogP contribution is 2.51. The fourth-order valence-corrected chi connectivity index (χ4v) is 7.00. The Kier molecular flexibility index (Phi) is 6.76. The topological polar surface area (TPSA) is 8.17 Å². The Balaban J connectivity index is 1.62. The van der Waals surface area contributed by atoms with Crippen molar-refractivity contribution in [3.8, 4) is 0 Å². The lowest BCUT2D eigenvalue weighted by Crippen LogP contribution is -2.16. The molecule has 0 N–H and O–H groups in total. The molecule has 206 valence electrons. The van der Waals surface area contributed by atoms with Gasteiger partial charge in [0.2, 0.25) is 0 Å². The number of benzene rings is 4. The molecule has 5 aromatic rings. The number of fused-ring (bicyclic) bond motifs is 8. The fourth-order valence-electron chi connectivity index (χ4n) is 7.00. The van der Waals surface area contributed by atoms with Gasteiger partial charge in [0.15, 0.2) is 0 Å². The first-order valence-corrected chi connectivity index (χ1v) is 15.1. The molecular weight excluding hydrogens is 508 g/mol. The number of para-hydroxylation sites is 1. The predicted octanol–water partition coefficient (Wildman–Crippen LogP) is 10.7. The average molecular weight is 545 g/mol. The third kappa shape index (κ3) is 4.18. The van der Waals surface area contributed by atoms with Crippen LogP contribution in [-0.2, 0) is 12.8 Å². The van der Waals surface area contributed by atoms with Crippen LogP contribution >= 0.6 is 0 Å². The van der Waals surface area contributed by atoms with Crippen molar-refractivity contribution in [3.05, 3.63) is 151 Å². The van der Waals surface area contributed by atoms with Gasteiger partial charge in [-0.15, -0.1) is 0 Å². The summed E-state index contributed by atoms with van der Waals surface area (Å²) in [6, 6.07) is 30.5. The molecule has 1 aromatic heterocycles. The normalized spacial score (nSPS) is 15.2. The average Bonchev–Trinajstić information content (AvgIpc) is 3.57. The molecular formula is C40H36N2. The van der Waals surface area contributed by atoms with Gasteiger partial charge in [0.05, 0.1) is 11.2 Å². The molecule has 1 unspecified atom stereocenters. The fraction of sp³-hybridized carbons (Fsp3) is 0.150. The third-order valence-corrected chi connectivity index (χ3v) is 8.86. The van der Waals surface area contributed by atoms with E-state index in [0.717, 1.165) is 36.9 Å². The van der Waals surface area contributed by atoms with E-state index in [1.165, 1.54) is 55.4 Å². The Morgan fingerprint density at radius 2 is 1.60 bits per heavy atom. The van der Waals surface area contributed by atoms with Crippen LogP contribution < -0.4 is 4.90 Å². The lowest BCUT2D eigenvalue weighted by Gasteiger charge is -2.29. The maximum absolute atomic E-state index is 4.65. The van der Waals surface area contributed by atoms with Gasteiger partial charge in [0.25, 0.3) is 0 Å². The van der Waals surface area contributed by atoms with Gasteiger partial charge in [-0.25, -0.2) is 0 Å². The first-order chi connectivity index (χ1) is 20.7. The predicted molar refractivity (Wildman–Crippen MR) is 182 cm³/mol. The molecule has 2 heteroatoms. The van der Waals surface area contributed by atoms with Crippen molar-refractivity contribution in [1.29, 1.82) is 0 Å². The van der Waals surface area contributed by atoms with Crippen LogP contribution in [0, 0.1) is 5.92 Å². The highest BCUT2D eigenvalue weighted by Gasteiger charge is 2.31. The Bertz CT molecular complexity index is 1920. The number of anilines is 2. The van der Waals surface area contributed by atoms with Crippen LogP contribution in [0.4, 0.5) is 11.4 Å². The molecule has 0 fully saturated rings. The molecule has 0 saturated carbocycles. The zero-order valence-electron chi connectivity index (χ0n) is 24.3. The van der Waals surface area contributed by atoms with E-state index in [1.54, 1.807) is 0 Å². The minimum atomic E-state index is 0.322. The van der Waals surface area contributed by atoms with E-state index in [4.69, 9.17) is 0 Å². The lowest BCUT2D eigenvalue weighted by molar-refractivity contribution is 0.615. The largest absolute Gasteiger partial charge is 0.315 e. The second-order valence-corrected chi connectivity index (χ2v) is 11.3. The molecule has 0 radical (unpaired) electrons. The SMILES string of the molecule is C=C/C=C(\C(CC)Cc1ccccc1)n1c2c(c3c4ccccc4c4c(c31)N(c1ccccc1)C=CCC4=C)C=CC2. The second kappa shape index (κ2) is 10.9. The van der Waals surface area contributed by atoms with E-state index in [9.17, 15) is 0 Å². The van der Waals surface area contributed by atoms with Crippen molar-refractivity contribution in [2.24, 2.45) is 5.92 Å². The first-order valence-electron chi connectivity index (χ1n) is 15.1. The van der Waals surface area contributed by atoms with Crippen molar-refractivity contribution < 1.29 is 0 Å². The van der Waals surface area contributed by atoms with Gasteiger partial charge in [0, 0.05) is 52.1 Å². The Labute approximate surface area is 248 Å². The second-order valence-electron chi connectivity index (χ2n) is 11.3. The first kappa shape index (κ1) is 26.1. The molecule has 7 rings (SSSR count). The lowest BCUT2D eigenvalue weighted by atomic mass is 9.91. The quantitative estimate of drug-likeness (QED) is 0.185. The number of aromatic nitrogens is 1. The summed E-state index contributed by atoms with van der Waals surface area (Å²) in [7, 11) is 0. The smallest absolute Gasteiger partial charge is 0.0790 e. The number of allylic oxidation sites excluding steroid dienone is 6. The molecule has 2 heterocycles. The summed E-state index contributed by atoms with van der Waals surface area (Å²) in [6.45, 7) is 11.2. The molecule has 2 nitrogen and oxygen atoms in total. The van der Waals surface area contributed by atoms with Gasteiger partial charge in [-0.1, -0.05) is 117 Å². The van der Waals surface area contributed by atoms with E-state index in [0.29, 0.717) is 5.92 Å². The van der Waals surface area contributed by atoms with Gasteiger partial charge >= 0.3 is 0 Å². The van der Waals surface area contributed by atoms with E-state index in [-0.39, 0.29) is 0 Å². The van der Waals surface area contributed by atoms with Crippen LogP contribution in [0.15, 0.2) is 129 Å². The monoisotopic (exact) mass is 544 g/mol. The maximum atomic E-state index is 4.65. The minimum Gasteiger partial charge on any atom is -0.315 e. The summed E-state index contributed by atoms with van der Waals surface area (Å²) in [5, 5.41) is 3.88. The van der Waals surface area contributed by atoms with Crippen molar-refractivity contribution in [3.63, 3.8) is 0 Å². The summed E-state index contributed by atoms with van der Waals surface area (Å²) >= 11 is 0. The van der Waals surface area contributed by atoms with E-state index < -0.39 is 0 Å². The summed E-state index contributed by atoms with van der Waals surface area (Å²) in [5.41, 5.74) is 11.3. The summed E-state index contributed by atoms with van der Waals surface area (Å²) in [4.78, 5) is 2.39.